The van der Waals surface area contributed by atoms with Crippen molar-refractivity contribution in [2.24, 2.45) is 52.7 Å². The topological polar surface area (TPSA) is 375 Å². The van der Waals surface area contributed by atoms with E-state index in [0.717, 1.165) is 12.1 Å². The van der Waals surface area contributed by atoms with Crippen LogP contribution in [0.4, 0.5) is 0 Å². The van der Waals surface area contributed by atoms with E-state index >= 15 is 0 Å². The Hall–Kier alpha value is -6.65. The molecular weight excluding hydrogens is 1190 g/mol. The fourth-order valence-electron chi connectivity index (χ4n) is 9.45. The van der Waals surface area contributed by atoms with Gasteiger partial charge in [0.2, 0.25) is 5.91 Å². The number of hydrogen-bond donors (Lipinski definition) is 7. The number of aliphatic imine (C=N–C) groups is 7. The standard InChI is InChI=1S/C48H44N12O14S3.Cu.Zn/c61-38(23-58-13-15-59(24-39(62)63)17-18-60(16-14-58)25-40(64)65)49-12-2-1-3-26-4-8-30-34(19-26)45-51-41(30)50-42-31-9-5-27(75(66,67)68)20-35(31)46(52-42)53-43-32-10-6-28(76(69,70)71)21-36(32)47(54-43)55-44-33-11-7-29(77(72,73)74)22-37(33)48(56-44)57-45;;/h4-11,19-22,31-32,36H,2,12-18,23-25H2,(H,49,61)(H,62,63)(H,64,65)(H,66,67,68)(H,69,70,71)(H,72,73,74)(H,50,51,52,53,54,55,56,57);;/q;2*+2/i;1+0;. The van der Waals surface area contributed by atoms with E-state index < -0.39 is 74.8 Å². The fraction of sp³-hybridized carbons (Fsp3) is 0.292. The number of fused-ring (bicyclic) bond motifs is 16. The van der Waals surface area contributed by atoms with Gasteiger partial charge in [-0.05, 0) is 54.6 Å². The molecule has 3 atom stereocenters. The molecule has 1 amide bonds. The van der Waals surface area contributed by atoms with Crippen molar-refractivity contribution in [1.29, 1.82) is 0 Å². The van der Waals surface area contributed by atoms with E-state index in [9.17, 15) is 63.5 Å². The van der Waals surface area contributed by atoms with Gasteiger partial charge in [-0.15, -0.1) is 0 Å². The number of allylic oxidation sites excluding steroid dienone is 3. The first-order chi connectivity index (χ1) is 36.5. The van der Waals surface area contributed by atoms with Gasteiger partial charge in [-0.25, -0.2) is 34.9 Å². The Kier molecular flexibility index (Phi) is 17.2. The zero-order chi connectivity index (χ0) is 54.6. The maximum Gasteiger partial charge on any atom is 2.00 e. The molecule has 31 heteroatoms. The average molecular weight is 1240 g/mol. The van der Waals surface area contributed by atoms with E-state index in [-0.39, 0.29) is 138 Å². The van der Waals surface area contributed by atoms with Gasteiger partial charge in [0.05, 0.1) is 52.1 Å². The summed E-state index contributed by atoms with van der Waals surface area (Å²) >= 11 is 0. The van der Waals surface area contributed by atoms with Gasteiger partial charge >= 0.3 is 48.5 Å². The van der Waals surface area contributed by atoms with Gasteiger partial charge < -0.3 is 20.8 Å². The second-order valence-electron chi connectivity index (χ2n) is 18.4. The molecule has 7 N–H and O–H groups in total. The Labute approximate surface area is 474 Å². The molecule has 6 aliphatic heterocycles. The summed E-state index contributed by atoms with van der Waals surface area (Å²) in [5, 5.41) is 24.7. The number of benzene rings is 2. The number of rotatable bonds is 11. The van der Waals surface area contributed by atoms with Crippen LogP contribution in [0, 0.1) is 29.6 Å². The summed E-state index contributed by atoms with van der Waals surface area (Å²) < 4.78 is 105. The maximum atomic E-state index is 13.1. The van der Waals surface area contributed by atoms with Crippen LogP contribution in [0.5, 0.6) is 0 Å². The van der Waals surface area contributed by atoms with Gasteiger partial charge in [0.25, 0.3) is 30.4 Å². The third-order valence-corrected chi connectivity index (χ3v) is 15.8. The van der Waals surface area contributed by atoms with Crippen LogP contribution < -0.4 is 10.6 Å². The minimum atomic E-state index is -4.76. The molecule has 79 heavy (non-hydrogen) atoms. The normalized spacial score (nSPS) is 21.7. The molecular formula is C48H44CuN12O14S3Zn+4. The Balaban J connectivity index is 0.00000411. The predicted octanol–water partition coefficient (Wildman–Crippen LogP) is 0.158. The number of nitrogens with zero attached hydrogens (tertiary/aromatic N) is 10. The Bertz CT molecular complexity index is 3790. The van der Waals surface area contributed by atoms with Crippen molar-refractivity contribution < 1.29 is 100 Å². The van der Waals surface area contributed by atoms with Gasteiger partial charge in [-0.2, -0.15) is 25.3 Å². The van der Waals surface area contributed by atoms with Crippen LogP contribution in [0.1, 0.15) is 34.2 Å². The quantitative estimate of drug-likeness (QED) is 0.0682. The largest absolute Gasteiger partial charge is 2.00 e. The molecule has 26 nitrogen and oxygen atoms in total. The molecule has 2 aromatic rings. The number of carbonyl (C=O) groups is 3. The zero-order valence-electron chi connectivity index (χ0n) is 41.1. The smallest absolute Gasteiger partial charge is 0.480 e. The molecule has 0 spiro atoms. The van der Waals surface area contributed by atoms with Crippen LogP contribution in [0.3, 0.4) is 0 Å². The second-order valence-corrected chi connectivity index (χ2v) is 22.6. The summed E-state index contributed by atoms with van der Waals surface area (Å²) in [5.74, 6) is 1.52. The monoisotopic (exact) mass is 1240 g/mol. The molecule has 1 radical (unpaired) electrons. The number of carboxylic acids is 2. The fourth-order valence-corrected chi connectivity index (χ4v) is 11.1. The van der Waals surface area contributed by atoms with E-state index in [4.69, 9.17) is 25.0 Å². The Morgan fingerprint density at radius 3 is 1.77 bits per heavy atom. The van der Waals surface area contributed by atoms with Gasteiger partial charge in [0.1, 0.15) is 23.3 Å². The number of hydrogen-bond acceptors (Lipinski definition) is 20. The van der Waals surface area contributed by atoms with Crippen LogP contribution in [0.25, 0.3) is 0 Å². The maximum absolute atomic E-state index is 13.1. The average Bonchev–Trinajstić information content (AvgIpc) is 4.34. The number of carbonyl (C=O) groups excluding carboxylic acids is 1. The zero-order valence-corrected chi connectivity index (χ0v) is 47.4. The molecule has 8 bridgehead atoms. The van der Waals surface area contributed by atoms with E-state index in [1.807, 2.05) is 4.90 Å². The molecule has 10 rings (SSSR count). The molecule has 1 fully saturated rings. The molecule has 407 valence electrons. The number of aliphatic carboxylic acids is 2. The SMILES string of the molecule is O=C(O)CN1CCN(CC(=O)O)CCN(CC(=O)NCCC#Cc2ccc3c(c2)C2=NC4=NC(=NC5=NC(=NC6=C7C=C(S(=O)(=O)O)C=CC7C(=NC3=N2)N6)C2C=CC(S(=O)(=O)O)=CC52)c2ccc(S(=O)(=O)O)cc24)CC1.[64Cu+2].[Zn+2]. The summed E-state index contributed by atoms with van der Waals surface area (Å²) in [7, 11) is -14.2. The third-order valence-electron chi connectivity index (χ3n) is 13.2. The first kappa shape index (κ1) is 58.5. The van der Waals surface area contributed by atoms with Crippen LogP contribution in [-0.4, -0.2) is 188 Å². The number of amidine groups is 7. The van der Waals surface area contributed by atoms with Crippen LogP contribution in [-0.2, 0) is 81.3 Å². The van der Waals surface area contributed by atoms with Crippen molar-refractivity contribution in [3.05, 3.63) is 122 Å². The minimum Gasteiger partial charge on any atom is -0.480 e. The van der Waals surface area contributed by atoms with E-state index in [1.165, 1.54) is 42.5 Å². The molecule has 2 aromatic carbocycles. The van der Waals surface area contributed by atoms with Gasteiger partial charge in [0.15, 0.2) is 23.3 Å². The summed E-state index contributed by atoms with van der Waals surface area (Å²) in [4.78, 5) is 73.3. The molecule has 3 unspecified atom stereocenters. The number of amides is 1. The van der Waals surface area contributed by atoms with Gasteiger partial charge in [0, 0.05) is 85.6 Å². The Morgan fingerprint density at radius 1 is 0.633 bits per heavy atom. The molecule has 1 saturated heterocycles. The number of carboxylic acid groups (broad SMARTS) is 2. The second kappa shape index (κ2) is 23.2. The van der Waals surface area contributed by atoms with Crippen LogP contribution in [0.15, 0.2) is 134 Å². The third kappa shape index (κ3) is 13.0. The van der Waals surface area contributed by atoms with Crippen LogP contribution >= 0.6 is 0 Å². The molecule has 0 aromatic heterocycles. The van der Waals surface area contributed by atoms with E-state index in [0.29, 0.717) is 56.0 Å². The summed E-state index contributed by atoms with van der Waals surface area (Å²) in [5.41, 5.74) is 1.94. The molecule has 0 saturated carbocycles. The minimum absolute atomic E-state index is 0. The van der Waals surface area contributed by atoms with Crippen LogP contribution in [0.2, 0.25) is 0 Å². The predicted molar refractivity (Wildman–Crippen MR) is 278 cm³/mol. The first-order valence-corrected chi connectivity index (χ1v) is 27.9. The van der Waals surface area contributed by atoms with Crippen molar-refractivity contribution in [2.75, 3.05) is 65.4 Å². The summed E-state index contributed by atoms with van der Waals surface area (Å²) in [6.45, 7) is 1.92. The first-order valence-electron chi connectivity index (χ1n) is 23.5. The summed E-state index contributed by atoms with van der Waals surface area (Å²) in [6.07, 6.45) is 8.01. The van der Waals surface area contributed by atoms with Crippen molar-refractivity contribution >= 4 is 89.0 Å². The molecule has 8 aliphatic rings. The van der Waals surface area contributed by atoms with Crippen molar-refractivity contribution in [3.8, 4) is 11.8 Å². The Morgan fingerprint density at radius 2 is 1.18 bits per heavy atom. The summed E-state index contributed by atoms with van der Waals surface area (Å²) in [6, 6.07) is 8.72. The van der Waals surface area contributed by atoms with Gasteiger partial charge in [-0.1, -0.05) is 30.1 Å². The van der Waals surface area contributed by atoms with E-state index in [2.05, 4.69) is 32.5 Å². The number of nitrogens with one attached hydrogen (secondary N) is 2. The van der Waals surface area contributed by atoms with Gasteiger partial charge in [-0.3, -0.25) is 42.7 Å². The van der Waals surface area contributed by atoms with Crippen molar-refractivity contribution in [3.63, 3.8) is 0 Å². The van der Waals surface area contributed by atoms with Crippen molar-refractivity contribution in [2.45, 2.75) is 11.3 Å². The molecule has 6 heterocycles. The molecule has 2 aliphatic carbocycles. The van der Waals surface area contributed by atoms with E-state index in [1.54, 1.807) is 28.0 Å². The van der Waals surface area contributed by atoms with Crippen molar-refractivity contribution in [1.82, 2.24) is 25.3 Å².